The third kappa shape index (κ3) is 3.45. The fraction of sp³-hybridized carbons (Fsp3) is 0.400. The van der Waals surface area contributed by atoms with Gasteiger partial charge in [-0.3, -0.25) is 0 Å². The monoisotopic (exact) mass is 251 g/mol. The molecule has 1 aromatic carbocycles. The van der Waals surface area contributed by atoms with E-state index in [0.29, 0.717) is 29.7 Å². The van der Waals surface area contributed by atoms with E-state index in [1.807, 2.05) is 13.0 Å². The van der Waals surface area contributed by atoms with Crippen LogP contribution in [0.1, 0.15) is 12.5 Å². The molecule has 0 heterocycles. The minimum Gasteiger partial charge on any atom is -0.491 e. The maximum Gasteiger partial charge on any atom is 0.179 e. The molecule has 0 spiro atoms. The number of ether oxygens (including phenoxy) is 2. The van der Waals surface area contributed by atoms with Gasteiger partial charge in [0.2, 0.25) is 0 Å². The zero-order chi connectivity index (χ0) is 10.6. The van der Waals surface area contributed by atoms with E-state index in [1.54, 1.807) is 13.2 Å². The smallest absolute Gasteiger partial charge is 0.179 e. The van der Waals surface area contributed by atoms with E-state index in [1.165, 1.54) is 0 Å². The lowest BCUT2D eigenvalue weighted by molar-refractivity contribution is 0.310. The maximum absolute atomic E-state index is 5.99. The molecule has 0 bridgehead atoms. The van der Waals surface area contributed by atoms with Crippen LogP contribution in [-0.4, -0.2) is 13.7 Å². The van der Waals surface area contributed by atoms with Crippen LogP contribution >= 0.6 is 24.0 Å². The van der Waals surface area contributed by atoms with Crippen molar-refractivity contribution >= 4 is 24.0 Å². The van der Waals surface area contributed by atoms with Crippen molar-refractivity contribution < 1.29 is 9.47 Å². The molecule has 2 N–H and O–H groups in total. The highest BCUT2D eigenvalue weighted by molar-refractivity contribution is 6.32. The lowest BCUT2D eigenvalue weighted by Crippen LogP contribution is -2.00. The Labute approximate surface area is 101 Å². The second kappa shape index (κ2) is 6.77. The fourth-order valence-electron chi connectivity index (χ4n) is 1.20. The van der Waals surface area contributed by atoms with Crippen molar-refractivity contribution in [2.75, 3.05) is 13.7 Å². The molecule has 86 valence electrons. The largest absolute Gasteiger partial charge is 0.491 e. The summed E-state index contributed by atoms with van der Waals surface area (Å²) in [6.07, 6.45) is 0. The van der Waals surface area contributed by atoms with Crippen LogP contribution in [0.25, 0.3) is 0 Å². The topological polar surface area (TPSA) is 44.5 Å². The Balaban J connectivity index is 0.00000196. The van der Waals surface area contributed by atoms with Crippen LogP contribution in [-0.2, 0) is 6.54 Å². The number of nitrogens with two attached hydrogens (primary N) is 1. The minimum atomic E-state index is 0. The molecule has 0 amide bonds. The van der Waals surface area contributed by atoms with E-state index in [-0.39, 0.29) is 12.4 Å². The first-order valence-electron chi connectivity index (χ1n) is 4.42. The Morgan fingerprint density at radius 1 is 1.40 bits per heavy atom. The van der Waals surface area contributed by atoms with Crippen LogP contribution in [0, 0.1) is 0 Å². The van der Waals surface area contributed by atoms with Gasteiger partial charge in [-0.05, 0) is 24.6 Å². The van der Waals surface area contributed by atoms with E-state index in [2.05, 4.69) is 0 Å². The molecule has 0 aliphatic carbocycles. The summed E-state index contributed by atoms with van der Waals surface area (Å²) in [5.41, 5.74) is 6.45. The van der Waals surface area contributed by atoms with Crippen molar-refractivity contribution in [3.8, 4) is 11.5 Å². The van der Waals surface area contributed by atoms with Gasteiger partial charge < -0.3 is 15.2 Å². The Bertz CT molecular complexity index is 319. The quantitative estimate of drug-likeness (QED) is 0.895. The van der Waals surface area contributed by atoms with Crippen LogP contribution in [0.15, 0.2) is 12.1 Å². The first kappa shape index (κ1) is 14.4. The standard InChI is InChI=1S/C10H14ClNO2.ClH/c1-3-14-9-5-7(6-12)4-8(11)10(9)13-2;/h4-5H,3,6,12H2,1-2H3;1H. The molecular weight excluding hydrogens is 237 g/mol. The highest BCUT2D eigenvalue weighted by Crippen LogP contribution is 2.36. The van der Waals surface area contributed by atoms with E-state index in [4.69, 9.17) is 26.8 Å². The summed E-state index contributed by atoms with van der Waals surface area (Å²) in [6, 6.07) is 3.62. The van der Waals surface area contributed by atoms with Gasteiger partial charge in [0, 0.05) is 6.54 Å². The molecule has 3 nitrogen and oxygen atoms in total. The van der Waals surface area contributed by atoms with Gasteiger partial charge in [0.05, 0.1) is 18.7 Å². The SMILES string of the molecule is CCOc1cc(CN)cc(Cl)c1OC.Cl. The molecule has 0 aliphatic rings. The van der Waals surface area contributed by atoms with Crippen molar-refractivity contribution in [3.05, 3.63) is 22.7 Å². The molecule has 0 radical (unpaired) electrons. The molecule has 0 atom stereocenters. The van der Waals surface area contributed by atoms with Gasteiger partial charge in [0.1, 0.15) is 0 Å². The predicted octanol–water partition coefficient (Wildman–Crippen LogP) is 2.63. The fourth-order valence-corrected chi connectivity index (χ4v) is 1.51. The second-order valence-electron chi connectivity index (χ2n) is 2.75. The third-order valence-electron chi connectivity index (χ3n) is 1.81. The van der Waals surface area contributed by atoms with Gasteiger partial charge >= 0.3 is 0 Å². The van der Waals surface area contributed by atoms with Gasteiger partial charge in [-0.25, -0.2) is 0 Å². The van der Waals surface area contributed by atoms with Gasteiger partial charge in [-0.1, -0.05) is 11.6 Å². The highest BCUT2D eigenvalue weighted by Gasteiger charge is 2.10. The first-order chi connectivity index (χ1) is 6.72. The zero-order valence-electron chi connectivity index (χ0n) is 8.75. The van der Waals surface area contributed by atoms with Crippen LogP contribution in [0.3, 0.4) is 0 Å². The summed E-state index contributed by atoms with van der Waals surface area (Å²) in [5.74, 6) is 1.20. The Morgan fingerprint density at radius 2 is 2.07 bits per heavy atom. The maximum atomic E-state index is 5.99. The van der Waals surface area contributed by atoms with Gasteiger partial charge in [-0.2, -0.15) is 0 Å². The molecule has 0 fully saturated rings. The molecule has 0 saturated heterocycles. The number of rotatable bonds is 4. The average molecular weight is 252 g/mol. The summed E-state index contributed by atoms with van der Waals surface area (Å²) >= 11 is 5.99. The lowest BCUT2D eigenvalue weighted by Gasteiger charge is -2.12. The lowest BCUT2D eigenvalue weighted by atomic mass is 10.2. The van der Waals surface area contributed by atoms with Crippen LogP contribution in [0.5, 0.6) is 11.5 Å². The molecule has 15 heavy (non-hydrogen) atoms. The molecule has 1 rings (SSSR count). The van der Waals surface area contributed by atoms with E-state index in [0.717, 1.165) is 5.56 Å². The summed E-state index contributed by atoms with van der Waals surface area (Å²) in [6.45, 7) is 2.91. The van der Waals surface area contributed by atoms with Crippen molar-refractivity contribution in [3.63, 3.8) is 0 Å². The Morgan fingerprint density at radius 3 is 2.53 bits per heavy atom. The third-order valence-corrected chi connectivity index (χ3v) is 2.09. The minimum absolute atomic E-state index is 0. The van der Waals surface area contributed by atoms with Crippen LogP contribution < -0.4 is 15.2 Å². The van der Waals surface area contributed by atoms with Crippen molar-refractivity contribution in [1.29, 1.82) is 0 Å². The van der Waals surface area contributed by atoms with Crippen molar-refractivity contribution in [2.45, 2.75) is 13.5 Å². The highest BCUT2D eigenvalue weighted by atomic mass is 35.5. The van der Waals surface area contributed by atoms with E-state index in [9.17, 15) is 0 Å². The molecule has 0 unspecified atom stereocenters. The van der Waals surface area contributed by atoms with E-state index < -0.39 is 0 Å². The van der Waals surface area contributed by atoms with E-state index >= 15 is 0 Å². The summed E-state index contributed by atoms with van der Waals surface area (Å²) in [7, 11) is 1.56. The summed E-state index contributed by atoms with van der Waals surface area (Å²) in [5, 5.41) is 0.527. The normalized spacial score (nSPS) is 9.33. The number of benzene rings is 1. The first-order valence-corrected chi connectivity index (χ1v) is 4.80. The molecular formula is C10H15Cl2NO2. The van der Waals surface area contributed by atoms with Crippen LogP contribution in [0.4, 0.5) is 0 Å². The summed E-state index contributed by atoms with van der Waals surface area (Å²) < 4.78 is 10.5. The molecule has 1 aromatic rings. The van der Waals surface area contributed by atoms with Gasteiger partial charge in [0.15, 0.2) is 11.5 Å². The second-order valence-corrected chi connectivity index (χ2v) is 3.15. The molecule has 0 aliphatic heterocycles. The molecule has 0 saturated carbocycles. The molecule has 5 heteroatoms. The number of methoxy groups -OCH3 is 1. The average Bonchev–Trinajstić information content (AvgIpc) is 2.18. The number of hydrogen-bond donors (Lipinski definition) is 1. The van der Waals surface area contributed by atoms with Gasteiger partial charge in [-0.15, -0.1) is 12.4 Å². The molecule has 0 aromatic heterocycles. The number of hydrogen-bond acceptors (Lipinski definition) is 3. The Kier molecular flexibility index (Phi) is 6.48. The van der Waals surface area contributed by atoms with Crippen LogP contribution in [0.2, 0.25) is 5.02 Å². The van der Waals surface area contributed by atoms with Crippen molar-refractivity contribution in [2.24, 2.45) is 5.73 Å². The summed E-state index contributed by atoms with van der Waals surface area (Å²) in [4.78, 5) is 0. The van der Waals surface area contributed by atoms with Crippen molar-refractivity contribution in [1.82, 2.24) is 0 Å². The Hall–Kier alpha value is -0.640. The number of halogens is 2. The zero-order valence-corrected chi connectivity index (χ0v) is 10.3. The predicted molar refractivity (Wildman–Crippen MR) is 64.3 cm³/mol. The van der Waals surface area contributed by atoms with Gasteiger partial charge in [0.25, 0.3) is 0 Å².